The molecule has 0 aliphatic carbocycles. The van der Waals surface area contributed by atoms with Gasteiger partial charge in [0.15, 0.2) is 0 Å². The number of hydrogen-bond acceptors (Lipinski definition) is 5. The Balaban J connectivity index is 2.14. The van der Waals surface area contributed by atoms with Crippen LogP contribution in [0.3, 0.4) is 0 Å². The molecule has 1 aliphatic rings. The Labute approximate surface area is 106 Å². The molecule has 2 rings (SSSR count). The lowest BCUT2D eigenvalue weighted by Crippen LogP contribution is -2.22. The smallest absolute Gasteiger partial charge is 0.339 e. The van der Waals surface area contributed by atoms with Crippen molar-refractivity contribution in [2.24, 2.45) is 0 Å². The lowest BCUT2D eigenvalue weighted by atomic mass is 10.0. The molecule has 0 radical (unpaired) electrons. The van der Waals surface area contributed by atoms with E-state index < -0.39 is 22.2 Å². The molecule has 1 heterocycles. The van der Waals surface area contributed by atoms with Crippen molar-refractivity contribution in [1.29, 1.82) is 0 Å². The van der Waals surface area contributed by atoms with Gasteiger partial charge in [-0.15, -0.1) is 0 Å². The van der Waals surface area contributed by atoms with Crippen LogP contribution in [0, 0.1) is 13.8 Å². The number of benzene rings is 1. The molecule has 5 nitrogen and oxygen atoms in total. The zero-order valence-corrected chi connectivity index (χ0v) is 11.0. The van der Waals surface area contributed by atoms with E-state index in [1.165, 1.54) is 0 Å². The van der Waals surface area contributed by atoms with Crippen LogP contribution in [-0.4, -0.2) is 32.9 Å². The topological polar surface area (TPSA) is 69.7 Å². The summed E-state index contributed by atoms with van der Waals surface area (Å²) in [6.07, 6.45) is -0.721. The summed E-state index contributed by atoms with van der Waals surface area (Å²) in [6.45, 7) is 3.52. The number of rotatable bonds is 2. The zero-order chi connectivity index (χ0) is 13.3. The van der Waals surface area contributed by atoms with Crippen LogP contribution in [0.25, 0.3) is 0 Å². The summed E-state index contributed by atoms with van der Waals surface area (Å²) in [5, 5.41) is 0. The Morgan fingerprint density at radius 1 is 1.33 bits per heavy atom. The van der Waals surface area contributed by atoms with Crippen LogP contribution < -0.4 is 0 Å². The van der Waals surface area contributed by atoms with Gasteiger partial charge in [0.05, 0.1) is 5.56 Å². The summed E-state index contributed by atoms with van der Waals surface area (Å²) in [5.41, 5.74) is 2.10. The van der Waals surface area contributed by atoms with Crippen molar-refractivity contribution < 1.29 is 22.1 Å². The Kier molecular flexibility index (Phi) is 3.41. The summed E-state index contributed by atoms with van der Waals surface area (Å²) in [4.78, 5) is 12.0. The fraction of sp³-hybridized carbons (Fsp3) is 0.417. The normalized spacial score (nSPS) is 21.8. The van der Waals surface area contributed by atoms with Gasteiger partial charge in [-0.2, -0.15) is 8.42 Å². The van der Waals surface area contributed by atoms with Crippen LogP contribution in [-0.2, 0) is 19.0 Å². The fourth-order valence-electron chi connectivity index (χ4n) is 1.92. The molecule has 1 aromatic rings. The summed E-state index contributed by atoms with van der Waals surface area (Å²) in [7, 11) is -3.52. The standard InChI is InChI=1S/C12H14O5S/c1-8-4-3-5-9(2)11(8)12(13)17-10-6-16-18(14,15)7-10/h3-5,10H,6-7H2,1-2H3. The van der Waals surface area contributed by atoms with Crippen LogP contribution in [0.15, 0.2) is 18.2 Å². The second kappa shape index (κ2) is 4.70. The predicted molar refractivity (Wildman–Crippen MR) is 64.9 cm³/mol. The minimum atomic E-state index is -3.52. The molecular formula is C12H14O5S. The summed E-state index contributed by atoms with van der Waals surface area (Å²) >= 11 is 0. The highest BCUT2D eigenvalue weighted by Gasteiger charge is 2.32. The van der Waals surface area contributed by atoms with Gasteiger partial charge in [0, 0.05) is 0 Å². The average molecular weight is 270 g/mol. The van der Waals surface area contributed by atoms with Gasteiger partial charge in [-0.3, -0.25) is 4.18 Å². The number of carbonyl (C=O) groups excluding carboxylic acids is 1. The summed E-state index contributed by atoms with van der Waals surface area (Å²) in [6, 6.07) is 5.47. The van der Waals surface area contributed by atoms with Gasteiger partial charge in [0.25, 0.3) is 10.1 Å². The molecule has 98 valence electrons. The Bertz CT molecular complexity index is 556. The molecule has 1 saturated heterocycles. The third-order valence-corrected chi connectivity index (χ3v) is 4.06. The number of ether oxygens (including phenoxy) is 1. The molecule has 0 saturated carbocycles. The van der Waals surface area contributed by atoms with E-state index in [1.807, 2.05) is 32.0 Å². The molecule has 1 unspecified atom stereocenters. The zero-order valence-electron chi connectivity index (χ0n) is 10.2. The monoisotopic (exact) mass is 270 g/mol. The lowest BCUT2D eigenvalue weighted by molar-refractivity contribution is 0.0301. The van der Waals surface area contributed by atoms with Gasteiger partial charge >= 0.3 is 5.97 Å². The van der Waals surface area contributed by atoms with E-state index in [2.05, 4.69) is 4.18 Å². The maximum atomic E-state index is 12.0. The van der Waals surface area contributed by atoms with Crippen molar-refractivity contribution >= 4 is 16.1 Å². The highest BCUT2D eigenvalue weighted by atomic mass is 32.2. The Morgan fingerprint density at radius 3 is 2.44 bits per heavy atom. The van der Waals surface area contributed by atoms with E-state index in [9.17, 15) is 13.2 Å². The van der Waals surface area contributed by atoms with Gasteiger partial charge < -0.3 is 4.74 Å². The molecule has 0 spiro atoms. The van der Waals surface area contributed by atoms with Gasteiger partial charge in [-0.25, -0.2) is 4.79 Å². The number of esters is 1. The molecule has 1 aromatic carbocycles. The molecule has 0 bridgehead atoms. The SMILES string of the molecule is Cc1cccc(C)c1C(=O)OC1COS(=O)(=O)C1. The maximum Gasteiger partial charge on any atom is 0.339 e. The first-order valence-corrected chi connectivity index (χ1v) is 7.11. The van der Waals surface area contributed by atoms with E-state index in [0.717, 1.165) is 11.1 Å². The second-order valence-electron chi connectivity index (χ2n) is 4.30. The fourth-order valence-corrected chi connectivity index (χ4v) is 2.99. The summed E-state index contributed by atoms with van der Waals surface area (Å²) < 4.78 is 31.9. The van der Waals surface area contributed by atoms with E-state index in [4.69, 9.17) is 4.74 Å². The quantitative estimate of drug-likeness (QED) is 0.596. The van der Waals surface area contributed by atoms with Crippen molar-refractivity contribution in [2.45, 2.75) is 20.0 Å². The van der Waals surface area contributed by atoms with Gasteiger partial charge in [-0.1, -0.05) is 18.2 Å². The van der Waals surface area contributed by atoms with E-state index >= 15 is 0 Å². The maximum absolute atomic E-state index is 12.0. The highest BCUT2D eigenvalue weighted by Crippen LogP contribution is 2.18. The third kappa shape index (κ3) is 2.70. The molecule has 1 fully saturated rings. The largest absolute Gasteiger partial charge is 0.455 e. The van der Waals surface area contributed by atoms with E-state index in [-0.39, 0.29) is 12.4 Å². The first kappa shape index (κ1) is 13.0. The minimum Gasteiger partial charge on any atom is -0.455 e. The van der Waals surface area contributed by atoms with Gasteiger partial charge in [-0.05, 0) is 25.0 Å². The molecule has 0 aromatic heterocycles. The molecule has 18 heavy (non-hydrogen) atoms. The Hall–Kier alpha value is -1.40. The molecular weight excluding hydrogens is 256 g/mol. The van der Waals surface area contributed by atoms with Crippen molar-refractivity contribution in [2.75, 3.05) is 12.4 Å². The van der Waals surface area contributed by atoms with Crippen LogP contribution in [0.4, 0.5) is 0 Å². The second-order valence-corrected chi connectivity index (χ2v) is 5.99. The van der Waals surface area contributed by atoms with Crippen LogP contribution in [0.2, 0.25) is 0 Å². The van der Waals surface area contributed by atoms with Gasteiger partial charge in [0.2, 0.25) is 0 Å². The number of hydrogen-bond donors (Lipinski definition) is 0. The van der Waals surface area contributed by atoms with Gasteiger partial charge in [0.1, 0.15) is 18.5 Å². The third-order valence-electron chi connectivity index (χ3n) is 2.78. The average Bonchev–Trinajstić information content (AvgIpc) is 2.57. The van der Waals surface area contributed by atoms with Crippen molar-refractivity contribution in [3.05, 3.63) is 34.9 Å². The molecule has 6 heteroatoms. The van der Waals surface area contributed by atoms with Crippen molar-refractivity contribution in [3.63, 3.8) is 0 Å². The first-order chi connectivity index (χ1) is 8.39. The Morgan fingerprint density at radius 2 is 1.94 bits per heavy atom. The summed E-state index contributed by atoms with van der Waals surface area (Å²) in [5.74, 6) is -0.778. The van der Waals surface area contributed by atoms with Crippen LogP contribution in [0.5, 0.6) is 0 Å². The van der Waals surface area contributed by atoms with E-state index in [1.54, 1.807) is 0 Å². The molecule has 0 N–H and O–H groups in total. The molecule has 0 amide bonds. The minimum absolute atomic E-state index is 0.0982. The number of aryl methyl sites for hydroxylation is 2. The van der Waals surface area contributed by atoms with Crippen molar-refractivity contribution in [1.82, 2.24) is 0 Å². The van der Waals surface area contributed by atoms with E-state index in [0.29, 0.717) is 5.56 Å². The lowest BCUT2D eigenvalue weighted by Gasteiger charge is -2.12. The molecule has 1 atom stereocenters. The van der Waals surface area contributed by atoms with Crippen LogP contribution >= 0.6 is 0 Å². The first-order valence-electron chi connectivity index (χ1n) is 5.53. The van der Waals surface area contributed by atoms with Crippen LogP contribution in [0.1, 0.15) is 21.5 Å². The number of carbonyl (C=O) groups is 1. The highest BCUT2D eigenvalue weighted by molar-refractivity contribution is 7.87. The van der Waals surface area contributed by atoms with Crippen molar-refractivity contribution in [3.8, 4) is 0 Å². The predicted octanol–water partition coefficient (Wildman–Crippen LogP) is 1.19. The molecule has 1 aliphatic heterocycles.